The second-order valence-electron chi connectivity index (χ2n) is 15.2. The van der Waals surface area contributed by atoms with Crippen LogP contribution in [0.25, 0.3) is 0 Å². The summed E-state index contributed by atoms with van der Waals surface area (Å²) in [6, 6.07) is 34.2. The van der Waals surface area contributed by atoms with Crippen LogP contribution in [0.15, 0.2) is 146 Å². The summed E-state index contributed by atoms with van der Waals surface area (Å²) in [5.41, 5.74) is -1.67. The Morgan fingerprint density at radius 1 is 0.324 bits per heavy atom. The highest BCUT2D eigenvalue weighted by atomic mass is 16.5. The van der Waals surface area contributed by atoms with Gasteiger partial charge in [0.15, 0.2) is 5.78 Å². The summed E-state index contributed by atoms with van der Waals surface area (Å²) in [7, 11) is 1.79. The van der Waals surface area contributed by atoms with Crippen molar-refractivity contribution in [1.29, 1.82) is 0 Å². The Bertz CT molecular complexity index is 3260. The van der Waals surface area contributed by atoms with Crippen molar-refractivity contribution in [3.8, 4) is 34.5 Å². The summed E-state index contributed by atoms with van der Waals surface area (Å²) in [6.07, 6.45) is 0. The molecule has 0 bridgehead atoms. The SMILES string of the molecule is CNc1ccc(Oc2ccc(NC(=O)c3cc(C(=O)O)c(C(=O)Nc4ccc(Oc5ccc(NC(=O)c6ccc(Oc7ccc(C(C)=O)c(C(=O)O)c7)cc6C(=O)O)cc5)cc4)cc3C(=O)O)cc2)cc1. The summed E-state index contributed by atoms with van der Waals surface area (Å²) in [4.78, 5) is 100. The maximum absolute atomic E-state index is 13.4. The first kappa shape index (κ1) is 48.6. The van der Waals surface area contributed by atoms with Gasteiger partial charge >= 0.3 is 23.9 Å². The first-order valence-electron chi connectivity index (χ1n) is 20.9. The van der Waals surface area contributed by atoms with E-state index in [1.165, 1.54) is 91.9 Å². The van der Waals surface area contributed by atoms with E-state index in [-0.39, 0.29) is 45.3 Å². The molecule has 0 heterocycles. The molecular formula is C52H38N4O15. The van der Waals surface area contributed by atoms with Gasteiger partial charge in [0.05, 0.1) is 38.9 Å². The smallest absolute Gasteiger partial charge is 0.336 e. The summed E-state index contributed by atoms with van der Waals surface area (Å²) >= 11 is 0. The number of hydrogen-bond donors (Lipinski definition) is 8. The van der Waals surface area contributed by atoms with Crippen molar-refractivity contribution in [1.82, 2.24) is 0 Å². The maximum Gasteiger partial charge on any atom is 0.336 e. The van der Waals surface area contributed by atoms with Crippen LogP contribution in [0.5, 0.6) is 34.5 Å². The van der Waals surface area contributed by atoms with Gasteiger partial charge in [-0.1, -0.05) is 0 Å². The van der Waals surface area contributed by atoms with Crippen molar-refractivity contribution in [3.63, 3.8) is 0 Å². The zero-order valence-corrected chi connectivity index (χ0v) is 37.1. The third-order valence-corrected chi connectivity index (χ3v) is 10.4. The topological polar surface area (TPSA) is 293 Å². The molecule has 0 saturated heterocycles. The minimum Gasteiger partial charge on any atom is -0.478 e. The molecule has 19 heteroatoms. The fourth-order valence-corrected chi connectivity index (χ4v) is 6.87. The highest BCUT2D eigenvalue weighted by molar-refractivity contribution is 6.17. The van der Waals surface area contributed by atoms with Gasteiger partial charge in [-0.3, -0.25) is 19.2 Å². The molecular weight excluding hydrogens is 921 g/mol. The standard InChI is InChI=1S/C52H38N4O15/c1-27(57)38-21-19-36(23-42(38)49(61)62)71-37-20-22-39(43(24-37)50(63)64)46(58)54-29-5-13-34(14-6-29)70-35-17-9-31(10-18-35)56-48(60)41-26-44(51(65)66)40(25-45(41)52(67)68)47(59)55-30-7-15-33(16-8-30)69-32-11-3-28(53-2)4-12-32/h3-26,53H,1-2H3,(H,54,58)(H,55,59)(H,56,60)(H,61,62)(H,63,64)(H,65,66)(H,67,68). The van der Waals surface area contributed by atoms with E-state index in [1.807, 2.05) is 12.1 Å². The monoisotopic (exact) mass is 958 g/mol. The van der Waals surface area contributed by atoms with Crippen molar-refractivity contribution in [2.45, 2.75) is 6.92 Å². The predicted octanol–water partition coefficient (Wildman–Crippen LogP) is 9.86. The van der Waals surface area contributed by atoms with Crippen LogP contribution in [0.1, 0.15) is 89.8 Å². The number of hydrogen-bond acceptors (Lipinski definition) is 12. The molecule has 7 aromatic rings. The molecule has 0 unspecified atom stereocenters. The van der Waals surface area contributed by atoms with Crippen LogP contribution in [0.2, 0.25) is 0 Å². The number of ether oxygens (including phenoxy) is 3. The fourth-order valence-electron chi connectivity index (χ4n) is 6.87. The third kappa shape index (κ3) is 11.8. The van der Waals surface area contributed by atoms with Crippen molar-refractivity contribution < 1.29 is 73.0 Å². The van der Waals surface area contributed by atoms with Crippen LogP contribution in [0, 0.1) is 0 Å². The number of carbonyl (C=O) groups is 8. The number of anilines is 4. The Morgan fingerprint density at radius 2 is 0.592 bits per heavy atom. The van der Waals surface area contributed by atoms with E-state index in [1.54, 1.807) is 31.3 Å². The summed E-state index contributed by atoms with van der Waals surface area (Å²) < 4.78 is 17.3. The van der Waals surface area contributed by atoms with Crippen LogP contribution in [0.4, 0.5) is 22.7 Å². The van der Waals surface area contributed by atoms with Crippen LogP contribution < -0.4 is 35.5 Å². The van der Waals surface area contributed by atoms with E-state index in [0.29, 0.717) is 23.0 Å². The van der Waals surface area contributed by atoms with Crippen molar-refractivity contribution >= 4 is 70.1 Å². The second kappa shape index (κ2) is 21.1. The van der Waals surface area contributed by atoms with Crippen LogP contribution in [-0.4, -0.2) is 74.9 Å². The number of carbonyl (C=O) groups excluding carboxylic acids is 4. The molecule has 3 amide bonds. The number of carboxylic acid groups (broad SMARTS) is 4. The number of Topliss-reactive ketones (excluding diaryl/α,β-unsaturated/α-hetero) is 1. The minimum atomic E-state index is -1.60. The number of carboxylic acids is 4. The molecule has 7 aromatic carbocycles. The predicted molar refractivity (Wildman–Crippen MR) is 257 cm³/mol. The molecule has 0 saturated carbocycles. The molecule has 0 aliphatic heterocycles. The number of benzene rings is 7. The molecule has 0 radical (unpaired) electrons. The highest BCUT2D eigenvalue weighted by Crippen LogP contribution is 2.30. The lowest BCUT2D eigenvalue weighted by Crippen LogP contribution is -2.22. The summed E-state index contributed by atoms with van der Waals surface area (Å²) in [5.74, 6) is -7.55. The fraction of sp³-hybridized carbons (Fsp3) is 0.0385. The largest absolute Gasteiger partial charge is 0.478 e. The minimum absolute atomic E-state index is 0.0151. The summed E-state index contributed by atoms with van der Waals surface area (Å²) in [5, 5.41) is 50.1. The lowest BCUT2D eigenvalue weighted by Gasteiger charge is -2.14. The van der Waals surface area contributed by atoms with Gasteiger partial charge in [-0.2, -0.15) is 0 Å². The number of ketones is 1. The van der Waals surface area contributed by atoms with E-state index in [2.05, 4.69) is 21.3 Å². The van der Waals surface area contributed by atoms with Crippen LogP contribution >= 0.6 is 0 Å². The average Bonchev–Trinajstić information content (AvgIpc) is 3.35. The van der Waals surface area contributed by atoms with E-state index in [0.717, 1.165) is 30.0 Å². The van der Waals surface area contributed by atoms with Gasteiger partial charge in [0.25, 0.3) is 17.7 Å². The highest BCUT2D eigenvalue weighted by Gasteiger charge is 2.26. The lowest BCUT2D eigenvalue weighted by molar-refractivity contribution is 0.0677. The molecule has 71 heavy (non-hydrogen) atoms. The van der Waals surface area contributed by atoms with Gasteiger partial charge in [-0.15, -0.1) is 0 Å². The second-order valence-corrected chi connectivity index (χ2v) is 15.2. The molecule has 0 aromatic heterocycles. The number of rotatable bonds is 18. The average molecular weight is 959 g/mol. The normalized spacial score (nSPS) is 10.5. The Labute approximate surface area is 401 Å². The third-order valence-electron chi connectivity index (χ3n) is 10.4. The zero-order chi connectivity index (χ0) is 50.9. The molecule has 8 N–H and O–H groups in total. The zero-order valence-electron chi connectivity index (χ0n) is 37.1. The van der Waals surface area contributed by atoms with Crippen LogP contribution in [0.3, 0.4) is 0 Å². The Balaban J connectivity index is 0.968. The maximum atomic E-state index is 13.4. The molecule has 0 fully saturated rings. The van der Waals surface area contributed by atoms with Gasteiger partial charge in [0.1, 0.15) is 34.5 Å². The molecule has 0 atom stereocenters. The quantitative estimate of drug-likeness (QED) is 0.0371. The lowest BCUT2D eigenvalue weighted by atomic mass is 9.96. The molecule has 0 aliphatic carbocycles. The van der Waals surface area contributed by atoms with E-state index < -0.39 is 75.2 Å². The van der Waals surface area contributed by atoms with Crippen molar-refractivity contribution in [2.75, 3.05) is 28.3 Å². The van der Waals surface area contributed by atoms with Gasteiger partial charge in [-0.05, 0) is 153 Å². The molecule has 0 aliphatic rings. The molecule has 7 rings (SSSR count). The van der Waals surface area contributed by atoms with E-state index in [9.17, 15) is 58.8 Å². The van der Waals surface area contributed by atoms with Crippen molar-refractivity contribution in [2.24, 2.45) is 0 Å². The van der Waals surface area contributed by atoms with Crippen LogP contribution in [-0.2, 0) is 0 Å². The molecule has 356 valence electrons. The van der Waals surface area contributed by atoms with Crippen molar-refractivity contribution in [3.05, 3.63) is 190 Å². The first-order valence-corrected chi connectivity index (χ1v) is 20.9. The first-order chi connectivity index (χ1) is 34.0. The Hall–Kier alpha value is -10.3. The Morgan fingerprint density at radius 3 is 0.915 bits per heavy atom. The van der Waals surface area contributed by atoms with Gasteiger partial charge in [0, 0.05) is 35.4 Å². The molecule has 19 nitrogen and oxygen atoms in total. The molecule has 0 spiro atoms. The summed E-state index contributed by atoms with van der Waals surface area (Å²) in [6.45, 7) is 1.21. The number of aromatic carboxylic acids is 4. The van der Waals surface area contributed by atoms with Gasteiger partial charge < -0.3 is 55.9 Å². The number of nitrogens with one attached hydrogen (secondary N) is 4. The van der Waals surface area contributed by atoms with E-state index >= 15 is 0 Å². The Kier molecular flexibility index (Phi) is 14.5. The number of amides is 3. The van der Waals surface area contributed by atoms with Gasteiger partial charge in [-0.25, -0.2) is 19.2 Å². The van der Waals surface area contributed by atoms with E-state index in [4.69, 9.17) is 14.2 Å². The van der Waals surface area contributed by atoms with Gasteiger partial charge in [0.2, 0.25) is 0 Å².